The molecule has 1 N–H and O–H groups in total. The Bertz CT molecular complexity index is 658. The van der Waals surface area contributed by atoms with Crippen LogP contribution in [0.2, 0.25) is 0 Å². The number of carbonyl (C=O) groups is 2. The Morgan fingerprint density at radius 2 is 2.10 bits per heavy atom. The number of nitrogens with one attached hydrogen (secondary N) is 1. The summed E-state index contributed by atoms with van der Waals surface area (Å²) in [7, 11) is 1.26. The van der Waals surface area contributed by atoms with Gasteiger partial charge in [-0.05, 0) is 24.3 Å². The van der Waals surface area contributed by atoms with E-state index in [0.29, 0.717) is 11.3 Å². The third-order valence-electron chi connectivity index (χ3n) is 2.56. The normalized spacial score (nSPS) is 9.90. The zero-order valence-corrected chi connectivity index (χ0v) is 10.6. The van der Waals surface area contributed by atoms with E-state index < -0.39 is 17.7 Å². The molecule has 1 amide bonds. The lowest BCUT2D eigenvalue weighted by Gasteiger charge is -2.07. The topological polar surface area (TPSA) is 68.3 Å². The molecule has 1 heterocycles. The number of hydrogen-bond donors (Lipinski definition) is 1. The average molecular weight is 274 g/mol. The Morgan fingerprint density at radius 1 is 1.30 bits per heavy atom. The maximum Gasteiger partial charge on any atom is 0.337 e. The van der Waals surface area contributed by atoms with E-state index in [1.54, 1.807) is 18.2 Å². The highest BCUT2D eigenvalue weighted by atomic mass is 19.1. The minimum absolute atomic E-state index is 0.122. The van der Waals surface area contributed by atoms with E-state index in [0.717, 1.165) is 6.20 Å². The summed E-state index contributed by atoms with van der Waals surface area (Å²) in [4.78, 5) is 26.8. The lowest BCUT2D eigenvalue weighted by molar-refractivity contribution is 0.0600. The number of hydrogen-bond acceptors (Lipinski definition) is 4. The summed E-state index contributed by atoms with van der Waals surface area (Å²) in [6, 6.07) is 7.44. The van der Waals surface area contributed by atoms with Crippen molar-refractivity contribution in [1.82, 2.24) is 4.98 Å². The molecule has 2 rings (SSSR count). The number of benzene rings is 1. The van der Waals surface area contributed by atoms with Crippen LogP contribution in [0.25, 0.3) is 0 Å². The van der Waals surface area contributed by atoms with Crippen LogP contribution in [0.5, 0.6) is 0 Å². The van der Waals surface area contributed by atoms with Gasteiger partial charge in [0.25, 0.3) is 5.91 Å². The van der Waals surface area contributed by atoms with E-state index in [1.807, 2.05) is 0 Å². The molecule has 0 saturated heterocycles. The van der Waals surface area contributed by atoms with Crippen molar-refractivity contribution < 1.29 is 18.7 Å². The van der Waals surface area contributed by atoms with Crippen molar-refractivity contribution in [3.05, 3.63) is 59.7 Å². The maximum absolute atomic E-state index is 13.4. The molecule has 6 heteroatoms. The van der Waals surface area contributed by atoms with E-state index in [-0.39, 0.29) is 5.56 Å². The van der Waals surface area contributed by atoms with Crippen LogP contribution in [0.3, 0.4) is 0 Å². The van der Waals surface area contributed by atoms with Crippen LogP contribution < -0.4 is 5.32 Å². The fourth-order valence-corrected chi connectivity index (χ4v) is 1.60. The minimum Gasteiger partial charge on any atom is -0.465 e. The Balaban J connectivity index is 2.20. The fourth-order valence-electron chi connectivity index (χ4n) is 1.60. The summed E-state index contributed by atoms with van der Waals surface area (Å²) in [5, 5.41) is 2.50. The number of carbonyl (C=O) groups excluding carboxylic acids is 2. The first-order chi connectivity index (χ1) is 9.61. The number of esters is 1. The molecule has 0 unspecified atom stereocenters. The highest BCUT2D eigenvalue weighted by Gasteiger charge is 2.12. The lowest BCUT2D eigenvalue weighted by Crippen LogP contribution is -2.14. The highest BCUT2D eigenvalue weighted by molar-refractivity contribution is 6.04. The first-order valence-electron chi connectivity index (χ1n) is 5.71. The Labute approximate surface area is 114 Å². The first-order valence-corrected chi connectivity index (χ1v) is 5.71. The molecule has 0 atom stereocenters. The predicted octanol–water partition coefficient (Wildman–Crippen LogP) is 2.26. The second kappa shape index (κ2) is 5.92. The molecular weight excluding hydrogens is 263 g/mol. The number of rotatable bonds is 3. The van der Waals surface area contributed by atoms with Gasteiger partial charge in [-0.1, -0.05) is 6.07 Å². The smallest absolute Gasteiger partial charge is 0.337 e. The maximum atomic E-state index is 13.4. The van der Waals surface area contributed by atoms with Gasteiger partial charge in [-0.15, -0.1) is 0 Å². The van der Waals surface area contributed by atoms with Gasteiger partial charge in [-0.3, -0.25) is 9.78 Å². The first kappa shape index (κ1) is 13.7. The van der Waals surface area contributed by atoms with Crippen molar-refractivity contribution >= 4 is 17.6 Å². The van der Waals surface area contributed by atoms with Crippen molar-refractivity contribution in [3.63, 3.8) is 0 Å². The zero-order chi connectivity index (χ0) is 14.5. The second-order valence-corrected chi connectivity index (χ2v) is 3.88. The highest BCUT2D eigenvalue weighted by Crippen LogP contribution is 2.14. The van der Waals surface area contributed by atoms with Crippen LogP contribution in [-0.2, 0) is 4.74 Å². The van der Waals surface area contributed by atoms with Crippen molar-refractivity contribution in [2.24, 2.45) is 0 Å². The quantitative estimate of drug-likeness (QED) is 0.872. The van der Waals surface area contributed by atoms with E-state index >= 15 is 0 Å². The van der Waals surface area contributed by atoms with E-state index in [4.69, 9.17) is 0 Å². The molecule has 0 fully saturated rings. The zero-order valence-electron chi connectivity index (χ0n) is 10.6. The number of halogens is 1. The number of ether oxygens (including phenoxy) is 1. The molecule has 0 aliphatic heterocycles. The molecule has 0 spiro atoms. The summed E-state index contributed by atoms with van der Waals surface area (Å²) >= 11 is 0. The van der Waals surface area contributed by atoms with Crippen LogP contribution >= 0.6 is 0 Å². The van der Waals surface area contributed by atoms with Crippen LogP contribution in [-0.4, -0.2) is 24.0 Å². The Kier molecular flexibility index (Phi) is 4.05. The van der Waals surface area contributed by atoms with Gasteiger partial charge in [0.2, 0.25) is 0 Å². The van der Waals surface area contributed by atoms with Gasteiger partial charge in [-0.25, -0.2) is 9.18 Å². The molecule has 0 saturated carbocycles. The van der Waals surface area contributed by atoms with E-state index in [2.05, 4.69) is 15.0 Å². The monoisotopic (exact) mass is 274 g/mol. The molecule has 0 aliphatic carbocycles. The summed E-state index contributed by atoms with van der Waals surface area (Å²) < 4.78 is 18.0. The molecule has 0 aliphatic rings. The van der Waals surface area contributed by atoms with Gasteiger partial charge in [0.1, 0.15) is 0 Å². The number of aromatic nitrogens is 1. The Hall–Kier alpha value is -2.76. The van der Waals surface area contributed by atoms with Crippen molar-refractivity contribution in [2.75, 3.05) is 12.4 Å². The predicted molar refractivity (Wildman–Crippen MR) is 69.9 cm³/mol. The van der Waals surface area contributed by atoms with Crippen LogP contribution in [0.1, 0.15) is 20.7 Å². The van der Waals surface area contributed by atoms with Gasteiger partial charge >= 0.3 is 5.97 Å². The summed E-state index contributed by atoms with van der Waals surface area (Å²) in [5.74, 6) is -1.85. The molecule has 2 aromatic rings. The Morgan fingerprint density at radius 3 is 2.80 bits per heavy atom. The number of anilines is 1. The standard InChI is InChI=1S/C14H11FN2O3/c1-20-14(19)9-3-2-4-10(7-9)17-13(18)11-5-6-16-8-12(11)15/h2-8H,1H3,(H,17,18). The molecule has 1 aromatic carbocycles. The van der Waals surface area contributed by atoms with E-state index in [1.165, 1.54) is 25.4 Å². The van der Waals surface area contributed by atoms with Crippen molar-refractivity contribution in [2.45, 2.75) is 0 Å². The lowest BCUT2D eigenvalue weighted by atomic mass is 10.2. The van der Waals surface area contributed by atoms with Gasteiger partial charge in [0, 0.05) is 11.9 Å². The van der Waals surface area contributed by atoms with Gasteiger partial charge in [0.05, 0.1) is 24.4 Å². The molecule has 102 valence electrons. The fraction of sp³-hybridized carbons (Fsp3) is 0.0714. The van der Waals surface area contributed by atoms with E-state index in [9.17, 15) is 14.0 Å². The third-order valence-corrected chi connectivity index (χ3v) is 2.56. The number of methoxy groups -OCH3 is 1. The SMILES string of the molecule is COC(=O)c1cccc(NC(=O)c2ccncc2F)c1. The summed E-state index contributed by atoms with van der Waals surface area (Å²) in [5.41, 5.74) is 0.540. The van der Waals surface area contributed by atoms with Crippen LogP contribution in [0, 0.1) is 5.82 Å². The van der Waals surface area contributed by atoms with Crippen molar-refractivity contribution in [1.29, 1.82) is 0 Å². The number of pyridine rings is 1. The largest absolute Gasteiger partial charge is 0.465 e. The molecule has 0 radical (unpaired) electrons. The van der Waals surface area contributed by atoms with Crippen molar-refractivity contribution in [3.8, 4) is 0 Å². The third kappa shape index (κ3) is 2.97. The molecule has 0 bridgehead atoms. The molecule has 20 heavy (non-hydrogen) atoms. The molecular formula is C14H11FN2O3. The second-order valence-electron chi connectivity index (χ2n) is 3.88. The molecule has 5 nitrogen and oxygen atoms in total. The minimum atomic E-state index is -0.714. The average Bonchev–Trinajstić information content (AvgIpc) is 2.47. The number of amides is 1. The summed E-state index contributed by atoms with van der Waals surface area (Å²) in [6.07, 6.45) is 2.28. The van der Waals surface area contributed by atoms with Gasteiger partial charge < -0.3 is 10.1 Å². The molecule has 1 aromatic heterocycles. The number of nitrogens with zero attached hydrogens (tertiary/aromatic N) is 1. The van der Waals surface area contributed by atoms with Crippen LogP contribution in [0.15, 0.2) is 42.7 Å². The van der Waals surface area contributed by atoms with Gasteiger partial charge in [-0.2, -0.15) is 0 Å². The van der Waals surface area contributed by atoms with Crippen LogP contribution in [0.4, 0.5) is 10.1 Å². The van der Waals surface area contributed by atoms with Gasteiger partial charge in [0.15, 0.2) is 5.82 Å². The summed E-state index contributed by atoms with van der Waals surface area (Å²) in [6.45, 7) is 0.